The van der Waals surface area contributed by atoms with Crippen LogP contribution in [0, 0.1) is 0 Å². The highest BCUT2D eigenvalue weighted by Crippen LogP contribution is 2.12. The summed E-state index contributed by atoms with van der Waals surface area (Å²) < 4.78 is 35.2. The van der Waals surface area contributed by atoms with E-state index in [2.05, 4.69) is 13.2 Å². The fourth-order valence-corrected chi connectivity index (χ4v) is 4.08. The second-order valence-corrected chi connectivity index (χ2v) is 10.3. The molecule has 0 saturated carbocycles. The van der Waals surface area contributed by atoms with Crippen LogP contribution in [0.5, 0.6) is 0 Å². The van der Waals surface area contributed by atoms with E-state index in [4.69, 9.17) is 32.2 Å². The molecule has 0 aliphatic carbocycles. The summed E-state index contributed by atoms with van der Waals surface area (Å²) in [7, 11) is 4.38. The lowest BCUT2D eigenvalue weighted by Crippen LogP contribution is -2.43. The molecule has 0 aromatic carbocycles. The molecule has 0 N–H and O–H groups in total. The Morgan fingerprint density at radius 2 is 1.29 bits per heavy atom. The topological polar surface area (TPSA) is 98.8 Å². The lowest BCUT2D eigenvalue weighted by molar-refractivity contribution is -0.139. The lowest BCUT2D eigenvalue weighted by Gasteiger charge is -2.23. The van der Waals surface area contributed by atoms with E-state index >= 15 is 0 Å². The van der Waals surface area contributed by atoms with E-state index in [0.29, 0.717) is 23.4 Å². The SMILES string of the molecule is C=C(C)C(=O)OCC[Si](OC)(OC)OC.C=C(C)C(=O)OC[SiH2]C(OC)OC. The maximum Gasteiger partial charge on any atom is 0.503 e. The molecular weight excluding hydrogens is 404 g/mol. The summed E-state index contributed by atoms with van der Waals surface area (Å²) in [5.74, 6) is -0.947. The molecule has 0 aliphatic rings. The number of carbonyl (C=O) groups is 2. The Morgan fingerprint density at radius 1 is 0.857 bits per heavy atom. The molecule has 0 amide bonds. The number of rotatable bonds is 13. The summed E-state index contributed by atoms with van der Waals surface area (Å²) in [5, 5.41) is 0. The molecule has 0 heterocycles. The maximum absolute atomic E-state index is 11.1. The standard InChI is InChI=1S/C9H18O5Si.C8H16O4Si/c1-8(2)9(10)14-6-7-15(11-3,12-4)13-5;1-6(2)7(9)12-5-13-8(10-3)11-4/h1,6-7H2,2-5H3;8H,1,5,13H2,2-4H3. The number of methoxy groups -OCH3 is 2. The van der Waals surface area contributed by atoms with E-state index in [-0.39, 0.29) is 18.5 Å². The van der Waals surface area contributed by atoms with Gasteiger partial charge in [0, 0.05) is 46.7 Å². The fourth-order valence-electron chi connectivity index (χ4n) is 1.65. The van der Waals surface area contributed by atoms with Crippen molar-refractivity contribution in [2.24, 2.45) is 0 Å². The zero-order valence-electron chi connectivity index (χ0n) is 18.0. The van der Waals surface area contributed by atoms with Gasteiger partial charge in [-0.3, -0.25) is 0 Å². The molecule has 0 bridgehead atoms. The maximum atomic E-state index is 11.1. The van der Waals surface area contributed by atoms with Crippen molar-refractivity contribution in [3.05, 3.63) is 24.3 Å². The molecule has 0 aromatic rings. The summed E-state index contributed by atoms with van der Waals surface area (Å²) >= 11 is 0. The molecule has 0 fully saturated rings. The fraction of sp³-hybridized carbons (Fsp3) is 0.647. The van der Waals surface area contributed by atoms with Crippen molar-refractivity contribution in [3.63, 3.8) is 0 Å². The number of hydrogen-bond acceptors (Lipinski definition) is 9. The van der Waals surface area contributed by atoms with Gasteiger partial charge in [0.2, 0.25) is 0 Å². The van der Waals surface area contributed by atoms with Crippen LogP contribution in [0.3, 0.4) is 0 Å². The first-order valence-electron chi connectivity index (χ1n) is 8.49. The quantitative estimate of drug-likeness (QED) is 0.179. The van der Waals surface area contributed by atoms with Crippen LogP contribution in [0.4, 0.5) is 0 Å². The number of hydrogen-bond donors (Lipinski definition) is 0. The van der Waals surface area contributed by atoms with Gasteiger partial charge in [-0.05, 0) is 13.8 Å². The normalized spacial score (nSPS) is 11.1. The molecule has 0 spiro atoms. The van der Waals surface area contributed by atoms with Crippen LogP contribution < -0.4 is 0 Å². The molecule has 11 heteroatoms. The van der Waals surface area contributed by atoms with E-state index in [9.17, 15) is 9.59 Å². The third-order valence-corrected chi connectivity index (χ3v) is 7.64. The number of ether oxygens (including phenoxy) is 4. The van der Waals surface area contributed by atoms with Gasteiger partial charge in [-0.15, -0.1) is 0 Å². The van der Waals surface area contributed by atoms with Crippen molar-refractivity contribution in [1.29, 1.82) is 0 Å². The van der Waals surface area contributed by atoms with Crippen LogP contribution >= 0.6 is 0 Å². The van der Waals surface area contributed by atoms with E-state index in [0.717, 1.165) is 0 Å². The molecule has 0 rings (SSSR count). The Balaban J connectivity index is 0. The highest BCUT2D eigenvalue weighted by molar-refractivity contribution is 6.60. The Morgan fingerprint density at radius 3 is 1.64 bits per heavy atom. The van der Waals surface area contributed by atoms with Crippen LogP contribution in [-0.2, 0) is 41.8 Å². The van der Waals surface area contributed by atoms with Crippen LogP contribution in [0.1, 0.15) is 13.8 Å². The Kier molecular flexibility index (Phi) is 17.1. The number of esters is 2. The monoisotopic (exact) mass is 438 g/mol. The summed E-state index contributed by atoms with van der Waals surface area (Å²) in [4.78, 5) is 22.0. The first-order chi connectivity index (χ1) is 13.1. The van der Waals surface area contributed by atoms with Crippen molar-refractivity contribution in [2.75, 3.05) is 48.4 Å². The number of carbonyl (C=O) groups excluding carboxylic acids is 2. The molecular formula is C17H34O9Si2. The molecule has 0 saturated heterocycles. The van der Waals surface area contributed by atoms with Gasteiger partial charge in [-0.1, -0.05) is 13.2 Å². The minimum absolute atomic E-state index is 0.182. The van der Waals surface area contributed by atoms with Gasteiger partial charge in [-0.25, -0.2) is 9.59 Å². The smallest absolute Gasteiger partial charge is 0.467 e. The average molecular weight is 439 g/mol. The molecule has 0 unspecified atom stereocenters. The van der Waals surface area contributed by atoms with E-state index in [1.165, 1.54) is 21.3 Å². The molecule has 164 valence electrons. The van der Waals surface area contributed by atoms with Crippen molar-refractivity contribution in [2.45, 2.75) is 25.8 Å². The van der Waals surface area contributed by atoms with E-state index < -0.39 is 24.3 Å². The molecule has 0 aliphatic heterocycles. The Labute approximate surface area is 171 Å². The summed E-state index contributed by atoms with van der Waals surface area (Å²) in [6, 6.07) is 0.426. The van der Waals surface area contributed by atoms with Crippen LogP contribution in [0.15, 0.2) is 24.3 Å². The zero-order chi connectivity index (χ0) is 22.2. The minimum atomic E-state index is -2.63. The van der Waals surface area contributed by atoms with Crippen molar-refractivity contribution < 1.29 is 41.8 Å². The summed E-state index contributed by atoms with van der Waals surface area (Å²) in [6.07, 6.45) is 0.415. The highest BCUT2D eigenvalue weighted by atomic mass is 28.4. The average Bonchev–Trinajstić information content (AvgIpc) is 2.69. The van der Waals surface area contributed by atoms with E-state index in [1.54, 1.807) is 28.1 Å². The Bertz CT molecular complexity index is 481. The zero-order valence-corrected chi connectivity index (χ0v) is 20.4. The van der Waals surface area contributed by atoms with Gasteiger partial charge in [-0.2, -0.15) is 0 Å². The van der Waals surface area contributed by atoms with Crippen LogP contribution in [-0.4, -0.2) is 84.6 Å². The molecule has 28 heavy (non-hydrogen) atoms. The Hall–Kier alpha value is -1.35. The second-order valence-electron chi connectivity index (χ2n) is 5.57. The summed E-state index contributed by atoms with van der Waals surface area (Å²) in [6.45, 7) is 10.4. The first-order valence-corrected chi connectivity index (χ1v) is 12.2. The summed E-state index contributed by atoms with van der Waals surface area (Å²) in [5.41, 5.74) is 0.787. The van der Waals surface area contributed by atoms with Crippen molar-refractivity contribution >= 4 is 30.3 Å². The van der Waals surface area contributed by atoms with Crippen molar-refractivity contribution in [3.8, 4) is 0 Å². The first kappa shape index (κ1) is 28.9. The lowest BCUT2D eigenvalue weighted by atomic mass is 10.4. The van der Waals surface area contributed by atoms with Crippen LogP contribution in [0.25, 0.3) is 0 Å². The predicted octanol–water partition coefficient (Wildman–Crippen LogP) is 0.792. The molecule has 9 nitrogen and oxygen atoms in total. The van der Waals surface area contributed by atoms with Crippen molar-refractivity contribution in [1.82, 2.24) is 0 Å². The van der Waals surface area contributed by atoms with Gasteiger partial charge in [0.15, 0.2) is 0 Å². The van der Waals surface area contributed by atoms with Gasteiger partial charge < -0.3 is 32.2 Å². The largest absolute Gasteiger partial charge is 0.503 e. The van der Waals surface area contributed by atoms with E-state index in [1.807, 2.05) is 0 Å². The van der Waals surface area contributed by atoms with Gasteiger partial charge in [0.1, 0.15) is 15.4 Å². The second kappa shape index (κ2) is 16.6. The molecule has 0 atom stereocenters. The third-order valence-electron chi connectivity index (χ3n) is 3.38. The predicted molar refractivity (Wildman–Crippen MR) is 109 cm³/mol. The molecule has 0 radical (unpaired) electrons. The van der Waals surface area contributed by atoms with Gasteiger partial charge in [0.05, 0.1) is 18.9 Å². The van der Waals surface area contributed by atoms with Gasteiger partial charge >= 0.3 is 20.7 Å². The molecule has 0 aromatic heterocycles. The van der Waals surface area contributed by atoms with Gasteiger partial charge in [0.25, 0.3) is 0 Å². The minimum Gasteiger partial charge on any atom is -0.467 e. The highest BCUT2D eigenvalue weighted by Gasteiger charge is 2.37. The third kappa shape index (κ3) is 12.9. The van der Waals surface area contributed by atoms with Crippen LogP contribution in [0.2, 0.25) is 6.04 Å².